The lowest BCUT2D eigenvalue weighted by Gasteiger charge is -2.08. The van der Waals surface area contributed by atoms with E-state index in [0.29, 0.717) is 22.8 Å². The van der Waals surface area contributed by atoms with Crippen LogP contribution in [0.15, 0.2) is 34.9 Å². The molecule has 0 saturated carbocycles. The SMILES string of the molecule is COc1nc(NCc2ccccc2O)ncc1Br. The third-order valence-corrected chi connectivity index (χ3v) is 2.88. The molecule has 0 unspecified atom stereocenters. The Balaban J connectivity index is 2.09. The third kappa shape index (κ3) is 2.89. The lowest BCUT2D eigenvalue weighted by atomic mass is 10.2. The number of halogens is 1. The predicted octanol–water partition coefficient (Wildman–Crippen LogP) is 2.57. The number of phenolic OH excluding ortho intramolecular Hbond substituents is 1. The monoisotopic (exact) mass is 309 g/mol. The number of nitrogens with zero attached hydrogens (tertiary/aromatic N) is 2. The van der Waals surface area contributed by atoms with E-state index < -0.39 is 0 Å². The standard InChI is InChI=1S/C12H12BrN3O2/c1-18-11-9(13)7-15-12(16-11)14-6-8-4-2-3-5-10(8)17/h2-5,7,17H,6H2,1H3,(H,14,15,16). The van der Waals surface area contributed by atoms with Crippen molar-refractivity contribution in [1.29, 1.82) is 0 Å². The van der Waals surface area contributed by atoms with Crippen molar-refractivity contribution in [3.8, 4) is 11.6 Å². The quantitative estimate of drug-likeness (QED) is 0.908. The number of hydrogen-bond donors (Lipinski definition) is 2. The lowest BCUT2D eigenvalue weighted by Crippen LogP contribution is -2.04. The van der Waals surface area contributed by atoms with Gasteiger partial charge in [0.05, 0.1) is 17.8 Å². The van der Waals surface area contributed by atoms with Gasteiger partial charge >= 0.3 is 0 Å². The summed E-state index contributed by atoms with van der Waals surface area (Å²) in [6.45, 7) is 0.442. The minimum Gasteiger partial charge on any atom is -0.508 e. The molecule has 2 N–H and O–H groups in total. The second kappa shape index (κ2) is 5.68. The molecule has 18 heavy (non-hydrogen) atoms. The first kappa shape index (κ1) is 12.6. The predicted molar refractivity (Wildman–Crippen MR) is 71.7 cm³/mol. The first-order chi connectivity index (χ1) is 8.70. The second-order valence-corrected chi connectivity index (χ2v) is 4.39. The van der Waals surface area contributed by atoms with Gasteiger partial charge in [0.2, 0.25) is 11.8 Å². The molecule has 0 radical (unpaired) electrons. The Morgan fingerprint density at radius 3 is 2.89 bits per heavy atom. The van der Waals surface area contributed by atoms with Crippen molar-refractivity contribution in [2.45, 2.75) is 6.54 Å². The van der Waals surface area contributed by atoms with Gasteiger partial charge in [0.1, 0.15) is 5.75 Å². The summed E-state index contributed by atoms with van der Waals surface area (Å²) in [6.07, 6.45) is 1.61. The Morgan fingerprint density at radius 2 is 2.17 bits per heavy atom. The average molecular weight is 310 g/mol. The Morgan fingerprint density at radius 1 is 1.39 bits per heavy atom. The van der Waals surface area contributed by atoms with Gasteiger partial charge in [-0.3, -0.25) is 0 Å². The summed E-state index contributed by atoms with van der Waals surface area (Å²) in [7, 11) is 1.54. The summed E-state index contributed by atoms with van der Waals surface area (Å²) >= 11 is 3.28. The van der Waals surface area contributed by atoms with Crippen molar-refractivity contribution >= 4 is 21.9 Å². The second-order valence-electron chi connectivity index (χ2n) is 3.53. The fourth-order valence-electron chi connectivity index (χ4n) is 1.41. The van der Waals surface area contributed by atoms with Crippen LogP contribution in [0.25, 0.3) is 0 Å². The van der Waals surface area contributed by atoms with Gasteiger partial charge in [-0.1, -0.05) is 18.2 Å². The minimum atomic E-state index is 0.245. The highest BCUT2D eigenvalue weighted by molar-refractivity contribution is 9.10. The Hall–Kier alpha value is -1.82. The number of para-hydroxylation sites is 1. The number of ether oxygens (including phenoxy) is 1. The summed E-state index contributed by atoms with van der Waals surface area (Å²) in [4.78, 5) is 8.26. The van der Waals surface area contributed by atoms with Crippen molar-refractivity contribution in [3.05, 3.63) is 40.5 Å². The molecule has 0 fully saturated rings. The molecular weight excluding hydrogens is 298 g/mol. The number of benzene rings is 1. The number of aromatic nitrogens is 2. The number of nitrogens with one attached hydrogen (secondary N) is 1. The molecule has 6 heteroatoms. The number of phenols is 1. The normalized spacial score (nSPS) is 10.1. The number of hydrogen-bond acceptors (Lipinski definition) is 5. The van der Waals surface area contributed by atoms with Crippen LogP contribution in [0.3, 0.4) is 0 Å². The van der Waals surface area contributed by atoms with Crippen LogP contribution in [0.1, 0.15) is 5.56 Å². The van der Waals surface area contributed by atoms with E-state index in [2.05, 4.69) is 31.2 Å². The average Bonchev–Trinajstić information content (AvgIpc) is 2.39. The Bertz CT molecular complexity index is 549. The van der Waals surface area contributed by atoms with E-state index in [1.54, 1.807) is 25.4 Å². The molecule has 0 aliphatic heterocycles. The summed E-state index contributed by atoms with van der Waals surface area (Å²) < 4.78 is 5.77. The fourth-order valence-corrected chi connectivity index (χ4v) is 1.77. The molecule has 0 aliphatic rings. The van der Waals surface area contributed by atoms with Crippen LogP contribution in [-0.2, 0) is 6.54 Å². The summed E-state index contributed by atoms with van der Waals surface area (Å²) in [5, 5.41) is 12.6. The maximum atomic E-state index is 9.62. The van der Waals surface area contributed by atoms with Gasteiger partial charge in [-0.05, 0) is 22.0 Å². The van der Waals surface area contributed by atoms with Crippen LogP contribution in [-0.4, -0.2) is 22.2 Å². The highest BCUT2D eigenvalue weighted by atomic mass is 79.9. The maximum Gasteiger partial charge on any atom is 0.232 e. The zero-order valence-electron chi connectivity index (χ0n) is 9.72. The Labute approximate surface area is 113 Å². The topological polar surface area (TPSA) is 67.3 Å². The van der Waals surface area contributed by atoms with E-state index in [1.165, 1.54) is 0 Å². The number of anilines is 1. The van der Waals surface area contributed by atoms with E-state index in [0.717, 1.165) is 5.56 Å². The molecule has 1 aromatic carbocycles. The summed E-state index contributed by atoms with van der Waals surface area (Å²) in [5.74, 6) is 1.15. The number of rotatable bonds is 4. The van der Waals surface area contributed by atoms with Crippen molar-refractivity contribution in [1.82, 2.24) is 9.97 Å². The third-order valence-electron chi connectivity index (χ3n) is 2.33. The van der Waals surface area contributed by atoms with Crippen molar-refractivity contribution < 1.29 is 9.84 Å². The first-order valence-corrected chi connectivity index (χ1v) is 6.07. The van der Waals surface area contributed by atoms with Gasteiger partial charge in [-0.25, -0.2) is 4.98 Å². The highest BCUT2D eigenvalue weighted by Crippen LogP contribution is 2.22. The van der Waals surface area contributed by atoms with Crippen LogP contribution in [0.5, 0.6) is 11.6 Å². The lowest BCUT2D eigenvalue weighted by molar-refractivity contribution is 0.394. The van der Waals surface area contributed by atoms with Gasteiger partial charge in [-0.2, -0.15) is 4.98 Å². The fraction of sp³-hybridized carbons (Fsp3) is 0.167. The molecular formula is C12H12BrN3O2. The van der Waals surface area contributed by atoms with Crippen LogP contribution < -0.4 is 10.1 Å². The van der Waals surface area contributed by atoms with Crippen molar-refractivity contribution in [2.75, 3.05) is 12.4 Å². The van der Waals surface area contributed by atoms with E-state index in [9.17, 15) is 5.11 Å². The van der Waals surface area contributed by atoms with Gasteiger partial charge in [0.15, 0.2) is 0 Å². The summed E-state index contributed by atoms with van der Waals surface area (Å²) in [6, 6.07) is 7.11. The molecule has 94 valence electrons. The highest BCUT2D eigenvalue weighted by Gasteiger charge is 2.05. The van der Waals surface area contributed by atoms with E-state index in [4.69, 9.17) is 4.74 Å². The van der Waals surface area contributed by atoms with Crippen molar-refractivity contribution in [2.24, 2.45) is 0 Å². The van der Waals surface area contributed by atoms with E-state index in [1.807, 2.05) is 12.1 Å². The van der Waals surface area contributed by atoms with Gasteiger partial charge in [0.25, 0.3) is 0 Å². The maximum absolute atomic E-state index is 9.62. The molecule has 1 heterocycles. The van der Waals surface area contributed by atoms with Crippen LogP contribution in [0.2, 0.25) is 0 Å². The summed E-state index contributed by atoms with van der Waals surface area (Å²) in [5.41, 5.74) is 0.781. The Kier molecular flexibility index (Phi) is 3.99. The molecule has 1 aromatic heterocycles. The smallest absolute Gasteiger partial charge is 0.232 e. The molecule has 0 saturated heterocycles. The zero-order valence-corrected chi connectivity index (χ0v) is 11.3. The minimum absolute atomic E-state index is 0.245. The molecule has 0 aliphatic carbocycles. The van der Waals surface area contributed by atoms with Crippen LogP contribution in [0.4, 0.5) is 5.95 Å². The molecule has 0 atom stereocenters. The van der Waals surface area contributed by atoms with Crippen molar-refractivity contribution in [3.63, 3.8) is 0 Å². The number of aromatic hydroxyl groups is 1. The van der Waals surface area contributed by atoms with Gasteiger partial charge in [0, 0.05) is 12.1 Å². The molecule has 0 amide bonds. The number of methoxy groups -OCH3 is 1. The van der Waals surface area contributed by atoms with Crippen LogP contribution >= 0.6 is 15.9 Å². The molecule has 2 rings (SSSR count). The van der Waals surface area contributed by atoms with Crippen LogP contribution in [0, 0.1) is 0 Å². The molecule has 5 nitrogen and oxygen atoms in total. The molecule has 0 bridgehead atoms. The van der Waals surface area contributed by atoms with Gasteiger partial charge < -0.3 is 15.2 Å². The van der Waals surface area contributed by atoms with E-state index >= 15 is 0 Å². The largest absolute Gasteiger partial charge is 0.508 e. The molecule has 0 spiro atoms. The van der Waals surface area contributed by atoms with Gasteiger partial charge in [-0.15, -0.1) is 0 Å². The first-order valence-electron chi connectivity index (χ1n) is 5.28. The van der Waals surface area contributed by atoms with E-state index in [-0.39, 0.29) is 5.75 Å². The molecule has 2 aromatic rings. The zero-order chi connectivity index (χ0) is 13.0.